The summed E-state index contributed by atoms with van der Waals surface area (Å²) in [6.45, 7) is -0.612. The molecule has 4 nitrogen and oxygen atoms in total. The molecule has 2 rings (SSSR count). The molecular formula is C14H18FN3OS. The van der Waals surface area contributed by atoms with Crippen LogP contribution in [0.3, 0.4) is 0 Å². The molecule has 0 fully saturated rings. The van der Waals surface area contributed by atoms with E-state index in [1.54, 1.807) is 13.2 Å². The normalized spacial score (nSPS) is 14.2. The molecule has 0 saturated carbocycles. The molecule has 0 bridgehead atoms. The number of hydrogen-bond donors (Lipinski definition) is 3. The van der Waals surface area contributed by atoms with Gasteiger partial charge < -0.3 is 16.2 Å². The minimum Gasteiger partial charge on any atom is -0.387 e. The van der Waals surface area contributed by atoms with Gasteiger partial charge in [-0.2, -0.15) is 0 Å². The number of alkyl halides is 1. The standard InChI is InChI=1S/C14H18FN3OS/c1-17-12(7-15)13(19)10-4-2-9(3-5-10)6-11-8-18-14(16)20-11/h2-5,8,12-13,17,19H,6-7H2,1H3,(H2,16,18). The van der Waals surface area contributed by atoms with E-state index >= 15 is 0 Å². The van der Waals surface area contributed by atoms with Crippen LogP contribution in [-0.2, 0) is 6.42 Å². The van der Waals surface area contributed by atoms with E-state index in [2.05, 4.69) is 10.3 Å². The molecule has 0 aliphatic carbocycles. The lowest BCUT2D eigenvalue weighted by Crippen LogP contribution is -2.33. The van der Waals surface area contributed by atoms with E-state index in [0.717, 1.165) is 16.9 Å². The first-order valence-electron chi connectivity index (χ1n) is 6.34. The van der Waals surface area contributed by atoms with Gasteiger partial charge in [0.2, 0.25) is 0 Å². The van der Waals surface area contributed by atoms with Crippen molar-refractivity contribution in [1.29, 1.82) is 0 Å². The highest BCUT2D eigenvalue weighted by molar-refractivity contribution is 7.15. The number of rotatable bonds is 6. The second kappa shape index (κ2) is 6.78. The van der Waals surface area contributed by atoms with Crippen molar-refractivity contribution in [1.82, 2.24) is 10.3 Å². The maximum Gasteiger partial charge on any atom is 0.180 e. The first-order valence-corrected chi connectivity index (χ1v) is 7.16. The monoisotopic (exact) mass is 295 g/mol. The number of benzene rings is 1. The van der Waals surface area contributed by atoms with Crippen LogP contribution >= 0.6 is 11.3 Å². The Kier molecular flexibility index (Phi) is 5.05. The fourth-order valence-electron chi connectivity index (χ4n) is 1.99. The molecule has 0 spiro atoms. The summed E-state index contributed by atoms with van der Waals surface area (Å²) in [6.07, 6.45) is 1.67. The van der Waals surface area contributed by atoms with Crippen LogP contribution in [0.5, 0.6) is 0 Å². The summed E-state index contributed by atoms with van der Waals surface area (Å²) in [6, 6.07) is 6.93. The van der Waals surface area contributed by atoms with Crippen LogP contribution in [0, 0.1) is 0 Å². The van der Waals surface area contributed by atoms with E-state index in [-0.39, 0.29) is 0 Å². The van der Waals surface area contributed by atoms with Crippen molar-refractivity contribution >= 4 is 16.5 Å². The average molecular weight is 295 g/mol. The van der Waals surface area contributed by atoms with Crippen molar-refractivity contribution in [3.63, 3.8) is 0 Å². The predicted octanol–water partition coefficient (Wildman–Crippen LogP) is 1.91. The van der Waals surface area contributed by atoms with Crippen molar-refractivity contribution in [3.05, 3.63) is 46.5 Å². The Balaban J connectivity index is 2.06. The highest BCUT2D eigenvalue weighted by Crippen LogP contribution is 2.21. The van der Waals surface area contributed by atoms with Gasteiger partial charge in [0, 0.05) is 17.5 Å². The van der Waals surface area contributed by atoms with Gasteiger partial charge in [0.05, 0.1) is 12.1 Å². The first kappa shape index (κ1) is 14.9. The molecule has 0 amide bonds. The number of likely N-dealkylation sites (N-methyl/N-ethyl adjacent to an activating group) is 1. The predicted molar refractivity (Wildman–Crippen MR) is 79.6 cm³/mol. The van der Waals surface area contributed by atoms with Gasteiger partial charge in [0.1, 0.15) is 6.67 Å². The molecule has 108 valence electrons. The maximum atomic E-state index is 12.7. The SMILES string of the molecule is CNC(CF)C(O)c1ccc(Cc2cnc(N)s2)cc1. The Hall–Kier alpha value is -1.50. The summed E-state index contributed by atoms with van der Waals surface area (Å²) >= 11 is 1.46. The zero-order chi connectivity index (χ0) is 14.5. The van der Waals surface area contributed by atoms with Gasteiger partial charge in [0.25, 0.3) is 0 Å². The van der Waals surface area contributed by atoms with Gasteiger partial charge in [-0.15, -0.1) is 11.3 Å². The fourth-order valence-corrected chi connectivity index (χ4v) is 2.71. The van der Waals surface area contributed by atoms with Crippen LogP contribution in [0.25, 0.3) is 0 Å². The number of nitrogen functional groups attached to an aromatic ring is 1. The maximum absolute atomic E-state index is 12.7. The number of nitrogens with zero attached hydrogens (tertiary/aromatic N) is 1. The van der Waals surface area contributed by atoms with E-state index in [0.29, 0.717) is 10.7 Å². The lowest BCUT2D eigenvalue weighted by molar-refractivity contribution is 0.117. The molecule has 2 atom stereocenters. The third-order valence-corrected chi connectivity index (χ3v) is 4.02. The van der Waals surface area contributed by atoms with Crippen LogP contribution < -0.4 is 11.1 Å². The topological polar surface area (TPSA) is 71.2 Å². The highest BCUT2D eigenvalue weighted by atomic mass is 32.1. The summed E-state index contributed by atoms with van der Waals surface area (Å²) in [4.78, 5) is 5.10. The zero-order valence-corrected chi connectivity index (χ0v) is 12.0. The van der Waals surface area contributed by atoms with E-state index in [4.69, 9.17) is 5.73 Å². The summed E-state index contributed by atoms with van der Waals surface area (Å²) in [5.74, 6) is 0. The highest BCUT2D eigenvalue weighted by Gasteiger charge is 2.18. The number of nitrogens with one attached hydrogen (secondary N) is 1. The number of nitrogens with two attached hydrogens (primary N) is 1. The Labute approximate surface area is 121 Å². The molecule has 0 aliphatic heterocycles. The third kappa shape index (κ3) is 3.53. The number of thiazole rings is 1. The number of halogens is 1. The fraction of sp³-hybridized carbons (Fsp3) is 0.357. The van der Waals surface area contributed by atoms with Crippen LogP contribution in [-0.4, -0.2) is 29.9 Å². The molecule has 1 aromatic heterocycles. The molecule has 4 N–H and O–H groups in total. The van der Waals surface area contributed by atoms with Gasteiger partial charge >= 0.3 is 0 Å². The second-order valence-electron chi connectivity index (χ2n) is 4.58. The van der Waals surface area contributed by atoms with Crippen LogP contribution in [0.4, 0.5) is 9.52 Å². The largest absolute Gasteiger partial charge is 0.387 e. The molecular weight excluding hydrogens is 277 g/mol. The lowest BCUT2D eigenvalue weighted by atomic mass is 10.0. The molecule has 0 saturated heterocycles. The van der Waals surface area contributed by atoms with Crippen molar-refractivity contribution in [2.75, 3.05) is 19.5 Å². The molecule has 1 aromatic carbocycles. The number of aliphatic hydroxyl groups is 1. The van der Waals surface area contributed by atoms with Gasteiger partial charge in [-0.25, -0.2) is 9.37 Å². The molecule has 20 heavy (non-hydrogen) atoms. The molecule has 0 aliphatic rings. The molecule has 2 aromatic rings. The molecule has 2 unspecified atom stereocenters. The Morgan fingerprint density at radius 3 is 2.60 bits per heavy atom. The van der Waals surface area contributed by atoms with Crippen LogP contribution in [0.1, 0.15) is 22.1 Å². The number of anilines is 1. The summed E-state index contributed by atoms with van der Waals surface area (Å²) in [5.41, 5.74) is 7.40. The molecule has 6 heteroatoms. The van der Waals surface area contributed by atoms with Crippen molar-refractivity contribution in [2.24, 2.45) is 0 Å². The Morgan fingerprint density at radius 1 is 1.40 bits per heavy atom. The Morgan fingerprint density at radius 2 is 2.10 bits per heavy atom. The number of aliphatic hydroxyl groups excluding tert-OH is 1. The van der Waals surface area contributed by atoms with Crippen LogP contribution in [0.2, 0.25) is 0 Å². The minimum atomic E-state index is -0.849. The van der Waals surface area contributed by atoms with Crippen molar-refractivity contribution < 1.29 is 9.50 Å². The van der Waals surface area contributed by atoms with Gasteiger partial charge in [0.15, 0.2) is 5.13 Å². The Bertz CT molecular complexity index is 540. The van der Waals surface area contributed by atoms with Crippen molar-refractivity contribution in [3.8, 4) is 0 Å². The summed E-state index contributed by atoms with van der Waals surface area (Å²) in [7, 11) is 1.63. The third-order valence-electron chi connectivity index (χ3n) is 3.19. The van der Waals surface area contributed by atoms with Crippen molar-refractivity contribution in [2.45, 2.75) is 18.6 Å². The molecule has 1 heterocycles. The van der Waals surface area contributed by atoms with E-state index in [1.807, 2.05) is 24.3 Å². The van der Waals surface area contributed by atoms with Gasteiger partial charge in [-0.1, -0.05) is 24.3 Å². The zero-order valence-electron chi connectivity index (χ0n) is 11.2. The van der Waals surface area contributed by atoms with E-state index < -0.39 is 18.8 Å². The van der Waals surface area contributed by atoms with Gasteiger partial charge in [-0.05, 0) is 18.2 Å². The number of aromatic nitrogens is 1. The second-order valence-corrected chi connectivity index (χ2v) is 5.72. The molecule has 0 radical (unpaired) electrons. The minimum absolute atomic E-state index is 0.562. The first-order chi connectivity index (χ1) is 9.63. The quantitative estimate of drug-likeness (QED) is 0.761. The van der Waals surface area contributed by atoms with Crippen LogP contribution in [0.15, 0.2) is 30.5 Å². The number of hydrogen-bond acceptors (Lipinski definition) is 5. The van der Waals surface area contributed by atoms with E-state index in [9.17, 15) is 9.50 Å². The summed E-state index contributed by atoms with van der Waals surface area (Å²) < 4.78 is 12.7. The summed E-state index contributed by atoms with van der Waals surface area (Å²) in [5, 5.41) is 13.4. The van der Waals surface area contributed by atoms with Gasteiger partial charge in [-0.3, -0.25) is 0 Å². The smallest absolute Gasteiger partial charge is 0.180 e. The average Bonchev–Trinajstić information content (AvgIpc) is 2.86. The van der Waals surface area contributed by atoms with E-state index in [1.165, 1.54) is 11.3 Å². The lowest BCUT2D eigenvalue weighted by Gasteiger charge is -2.19.